The fourth-order valence-electron chi connectivity index (χ4n) is 3.13. The fourth-order valence-corrected chi connectivity index (χ4v) is 4.72. The second-order valence-corrected chi connectivity index (χ2v) is 9.27. The van der Waals surface area contributed by atoms with Gasteiger partial charge in [0.15, 0.2) is 6.29 Å². The number of ether oxygens (including phenoxy) is 3. The Hall–Kier alpha value is -1.54. The standard InChI is InChI=1S/C16H18F3N3O6S2/c1-2-29-15-11(21-22-20)13(28-30(23,24)16(17,18)19)12-10(26-15)8-25-14(27-12)9-6-4-3-5-7-9/h3-7,10-15H,2,8H2,1H3/t10-,11+,12-,13+,14?,15+/m1/s1. The van der Waals surface area contributed by atoms with Crippen LogP contribution < -0.4 is 0 Å². The number of nitrogens with zero attached hydrogens (tertiary/aromatic N) is 3. The predicted molar refractivity (Wildman–Crippen MR) is 99.6 cm³/mol. The molecule has 0 amide bonds. The molecule has 2 heterocycles. The Kier molecular flexibility index (Phi) is 7.17. The van der Waals surface area contributed by atoms with Crippen LogP contribution in [0.4, 0.5) is 13.2 Å². The van der Waals surface area contributed by atoms with Gasteiger partial charge in [0.05, 0.1) is 6.61 Å². The molecule has 6 atom stereocenters. The number of benzene rings is 1. The van der Waals surface area contributed by atoms with Crippen molar-refractivity contribution in [1.29, 1.82) is 0 Å². The number of alkyl halides is 3. The summed E-state index contributed by atoms with van der Waals surface area (Å²) in [5.41, 5.74) is 2.88. The van der Waals surface area contributed by atoms with Gasteiger partial charge in [0.2, 0.25) is 0 Å². The van der Waals surface area contributed by atoms with Gasteiger partial charge in [0.1, 0.15) is 29.8 Å². The summed E-state index contributed by atoms with van der Waals surface area (Å²) in [4.78, 5) is 2.64. The van der Waals surface area contributed by atoms with Gasteiger partial charge in [0, 0.05) is 10.5 Å². The van der Waals surface area contributed by atoms with Crippen LogP contribution in [0.25, 0.3) is 10.4 Å². The summed E-state index contributed by atoms with van der Waals surface area (Å²) in [7, 11) is -5.99. The fraction of sp³-hybridized carbons (Fsp3) is 0.625. The maximum absolute atomic E-state index is 13.0. The quantitative estimate of drug-likeness (QED) is 0.206. The Morgan fingerprint density at radius 3 is 2.60 bits per heavy atom. The van der Waals surface area contributed by atoms with Crippen molar-refractivity contribution in [2.75, 3.05) is 12.4 Å². The molecule has 14 heteroatoms. The van der Waals surface area contributed by atoms with Crippen molar-refractivity contribution in [1.82, 2.24) is 0 Å². The molecule has 2 saturated heterocycles. The third kappa shape index (κ3) is 4.85. The Morgan fingerprint density at radius 1 is 1.30 bits per heavy atom. The van der Waals surface area contributed by atoms with Crippen LogP contribution >= 0.6 is 11.8 Å². The molecular weight excluding hydrogens is 451 g/mol. The van der Waals surface area contributed by atoms with Gasteiger partial charge in [-0.05, 0) is 11.3 Å². The van der Waals surface area contributed by atoms with Gasteiger partial charge >= 0.3 is 15.6 Å². The molecule has 1 aromatic rings. The Labute approximate surface area is 174 Å². The van der Waals surface area contributed by atoms with Gasteiger partial charge in [-0.3, -0.25) is 4.18 Å². The molecule has 0 radical (unpaired) electrons. The number of halogens is 3. The molecule has 0 saturated carbocycles. The molecular formula is C16H18F3N3O6S2. The number of thioether (sulfide) groups is 1. The molecule has 0 aromatic heterocycles. The molecule has 2 aliphatic rings. The van der Waals surface area contributed by atoms with E-state index in [0.717, 1.165) is 11.8 Å². The summed E-state index contributed by atoms with van der Waals surface area (Å²) >= 11 is 1.14. The summed E-state index contributed by atoms with van der Waals surface area (Å²) in [5, 5.41) is 3.48. The van der Waals surface area contributed by atoms with Crippen LogP contribution in [-0.4, -0.2) is 56.1 Å². The van der Waals surface area contributed by atoms with Crippen molar-refractivity contribution in [2.24, 2.45) is 5.11 Å². The van der Waals surface area contributed by atoms with Gasteiger partial charge < -0.3 is 14.2 Å². The van der Waals surface area contributed by atoms with E-state index in [-0.39, 0.29) is 6.61 Å². The molecule has 9 nitrogen and oxygen atoms in total. The zero-order chi connectivity index (χ0) is 21.9. The first-order valence-corrected chi connectivity index (χ1v) is 11.3. The Bertz CT molecular complexity index is 882. The van der Waals surface area contributed by atoms with E-state index in [1.165, 1.54) is 0 Å². The second-order valence-electron chi connectivity index (χ2n) is 6.33. The molecule has 0 N–H and O–H groups in total. The van der Waals surface area contributed by atoms with Gasteiger partial charge in [-0.15, -0.1) is 11.8 Å². The smallest absolute Gasteiger partial charge is 0.359 e. The van der Waals surface area contributed by atoms with Crippen molar-refractivity contribution in [2.45, 2.75) is 48.5 Å². The minimum Gasteiger partial charge on any atom is -0.359 e. The van der Waals surface area contributed by atoms with E-state index in [1.807, 2.05) is 0 Å². The predicted octanol–water partition coefficient (Wildman–Crippen LogP) is 3.49. The van der Waals surface area contributed by atoms with E-state index in [2.05, 4.69) is 14.2 Å². The van der Waals surface area contributed by atoms with Crippen LogP contribution in [0.5, 0.6) is 0 Å². The third-order valence-electron chi connectivity index (χ3n) is 4.42. The lowest BCUT2D eigenvalue weighted by Crippen LogP contribution is -2.62. The highest BCUT2D eigenvalue weighted by molar-refractivity contribution is 7.99. The van der Waals surface area contributed by atoms with Crippen molar-refractivity contribution in [3.05, 3.63) is 46.3 Å². The number of rotatable bonds is 6. The van der Waals surface area contributed by atoms with Crippen LogP contribution in [0.2, 0.25) is 0 Å². The maximum atomic E-state index is 13.0. The molecule has 166 valence electrons. The first-order valence-electron chi connectivity index (χ1n) is 8.80. The normalized spacial score (nSPS) is 32.1. The number of hydrogen-bond donors (Lipinski definition) is 0. The zero-order valence-electron chi connectivity index (χ0n) is 15.5. The molecule has 3 rings (SSSR count). The minimum atomic E-state index is -5.99. The topological polar surface area (TPSA) is 120 Å². The zero-order valence-corrected chi connectivity index (χ0v) is 17.1. The van der Waals surface area contributed by atoms with Crippen LogP contribution in [0.3, 0.4) is 0 Å². The first-order chi connectivity index (χ1) is 14.2. The largest absolute Gasteiger partial charge is 0.523 e. The minimum absolute atomic E-state index is 0.0834. The van der Waals surface area contributed by atoms with E-state index in [0.29, 0.717) is 11.3 Å². The van der Waals surface area contributed by atoms with Gasteiger partial charge in [-0.25, -0.2) is 0 Å². The van der Waals surface area contributed by atoms with Gasteiger partial charge in [-0.2, -0.15) is 21.6 Å². The molecule has 1 unspecified atom stereocenters. The summed E-state index contributed by atoms with van der Waals surface area (Å²) in [6, 6.07) is 7.15. The molecule has 1 aromatic carbocycles. The van der Waals surface area contributed by atoms with E-state index < -0.39 is 51.7 Å². The van der Waals surface area contributed by atoms with Gasteiger partial charge in [-0.1, -0.05) is 42.4 Å². The highest BCUT2D eigenvalue weighted by Gasteiger charge is 2.56. The first kappa shape index (κ1) is 23.1. The molecule has 2 fully saturated rings. The SMILES string of the molecule is CCS[C@@H]1O[C@@H]2COC(c3ccccc3)O[C@H]2[C@@H](OS(=O)(=O)C(F)(F)F)[C@@H]1N=[N+]=[N-]. The van der Waals surface area contributed by atoms with Crippen LogP contribution in [0, 0.1) is 0 Å². The summed E-state index contributed by atoms with van der Waals surface area (Å²) in [6.45, 7) is 1.68. The molecule has 30 heavy (non-hydrogen) atoms. The summed E-state index contributed by atoms with van der Waals surface area (Å²) in [6.07, 6.45) is -4.96. The van der Waals surface area contributed by atoms with Crippen LogP contribution in [0.15, 0.2) is 35.4 Å². The second kappa shape index (κ2) is 9.30. The highest BCUT2D eigenvalue weighted by atomic mass is 32.2. The average molecular weight is 469 g/mol. The van der Waals surface area contributed by atoms with Crippen molar-refractivity contribution < 1.29 is 40.0 Å². The highest BCUT2D eigenvalue weighted by Crippen LogP contribution is 2.41. The van der Waals surface area contributed by atoms with Crippen molar-refractivity contribution in [3.8, 4) is 0 Å². The summed E-state index contributed by atoms with van der Waals surface area (Å²) in [5.74, 6) is 0.465. The molecule has 0 spiro atoms. The number of hydrogen-bond acceptors (Lipinski definition) is 8. The van der Waals surface area contributed by atoms with Crippen molar-refractivity contribution in [3.63, 3.8) is 0 Å². The van der Waals surface area contributed by atoms with E-state index in [4.69, 9.17) is 19.7 Å². The van der Waals surface area contributed by atoms with Crippen molar-refractivity contribution >= 4 is 21.9 Å². The molecule has 0 bridgehead atoms. The monoisotopic (exact) mass is 469 g/mol. The Balaban J connectivity index is 1.96. The molecule has 2 aliphatic heterocycles. The number of fused-ring (bicyclic) bond motifs is 1. The summed E-state index contributed by atoms with van der Waals surface area (Å²) < 4.78 is 84.2. The number of azide groups is 1. The lowest BCUT2D eigenvalue weighted by atomic mass is 9.97. The van der Waals surface area contributed by atoms with Crippen LogP contribution in [0.1, 0.15) is 18.8 Å². The maximum Gasteiger partial charge on any atom is 0.523 e. The van der Waals surface area contributed by atoms with E-state index >= 15 is 0 Å². The van der Waals surface area contributed by atoms with Crippen LogP contribution in [-0.2, 0) is 28.5 Å². The third-order valence-corrected chi connectivity index (χ3v) is 6.51. The van der Waals surface area contributed by atoms with E-state index in [1.54, 1.807) is 37.3 Å². The lowest BCUT2D eigenvalue weighted by Gasteiger charge is -2.47. The lowest BCUT2D eigenvalue weighted by molar-refractivity contribution is -0.302. The Morgan fingerprint density at radius 2 is 2.00 bits per heavy atom. The molecule has 0 aliphatic carbocycles. The average Bonchev–Trinajstić information content (AvgIpc) is 2.70. The van der Waals surface area contributed by atoms with E-state index in [9.17, 15) is 21.6 Å². The van der Waals surface area contributed by atoms with Gasteiger partial charge in [0.25, 0.3) is 0 Å².